The number of benzene rings is 1. The molecule has 7 heteroatoms. The zero-order valence-electron chi connectivity index (χ0n) is 17.2. The highest BCUT2D eigenvalue weighted by Gasteiger charge is 2.25. The van der Waals surface area contributed by atoms with Gasteiger partial charge in [-0.25, -0.2) is 4.98 Å². The number of thiazole rings is 1. The quantitative estimate of drug-likeness (QED) is 0.457. The molecule has 1 amide bonds. The molecule has 4 heterocycles. The number of hydrogen-bond acceptors (Lipinski definition) is 6. The molecule has 0 saturated carbocycles. The van der Waals surface area contributed by atoms with Crippen LogP contribution in [-0.2, 0) is 11.2 Å². The molecule has 0 aliphatic carbocycles. The lowest BCUT2D eigenvalue weighted by atomic mass is 9.97. The van der Waals surface area contributed by atoms with Crippen LogP contribution in [0.1, 0.15) is 35.0 Å². The number of thiophene rings is 1. The van der Waals surface area contributed by atoms with Crippen LogP contribution in [-0.4, -0.2) is 35.1 Å². The summed E-state index contributed by atoms with van der Waals surface area (Å²) < 4.78 is 6.64. The summed E-state index contributed by atoms with van der Waals surface area (Å²) in [5.41, 5.74) is 6.73. The molecule has 5 rings (SSSR count). The van der Waals surface area contributed by atoms with Crippen LogP contribution < -0.4 is 5.32 Å². The Labute approximate surface area is 189 Å². The van der Waals surface area contributed by atoms with Crippen molar-refractivity contribution in [1.29, 1.82) is 0 Å². The molecule has 1 saturated heterocycles. The molecule has 1 N–H and O–H groups in total. The highest BCUT2D eigenvalue weighted by atomic mass is 32.1. The van der Waals surface area contributed by atoms with Gasteiger partial charge < -0.3 is 10.1 Å². The maximum Gasteiger partial charge on any atom is 0.270 e. The van der Waals surface area contributed by atoms with Crippen molar-refractivity contribution in [3.05, 3.63) is 70.3 Å². The Morgan fingerprint density at radius 2 is 2.10 bits per heavy atom. The number of nitrogens with zero attached hydrogens (tertiary/aromatic N) is 2. The second-order valence-corrected chi connectivity index (χ2v) is 9.76. The number of aromatic nitrogens is 2. The van der Waals surface area contributed by atoms with Crippen LogP contribution in [0.5, 0.6) is 0 Å². The molecule has 0 radical (unpaired) electrons. The van der Waals surface area contributed by atoms with Gasteiger partial charge in [0, 0.05) is 18.8 Å². The average Bonchev–Trinajstić information content (AvgIpc) is 3.48. The number of amides is 1. The monoisotopic (exact) mass is 449 g/mol. The van der Waals surface area contributed by atoms with Crippen molar-refractivity contribution in [2.45, 2.75) is 25.8 Å². The lowest BCUT2D eigenvalue weighted by Crippen LogP contribution is -2.44. The maximum atomic E-state index is 13.0. The first-order valence-corrected chi connectivity index (χ1v) is 12.2. The maximum absolute atomic E-state index is 13.0. The SMILES string of the molecule is C[C@H]1COCC[C@@H]1NC(=O)c1cc(Cc2ccc(-c3cncs3)cc2)c2sccc2n1. The fraction of sp³-hybridized carbons (Fsp3) is 0.292. The number of rotatable bonds is 5. The third-order valence-electron chi connectivity index (χ3n) is 5.74. The van der Waals surface area contributed by atoms with Gasteiger partial charge in [-0.1, -0.05) is 31.2 Å². The van der Waals surface area contributed by atoms with E-state index in [0.717, 1.165) is 33.5 Å². The van der Waals surface area contributed by atoms with Gasteiger partial charge in [0.2, 0.25) is 0 Å². The molecule has 1 fully saturated rings. The van der Waals surface area contributed by atoms with Gasteiger partial charge in [0.25, 0.3) is 5.91 Å². The second kappa shape index (κ2) is 8.86. The first-order chi connectivity index (χ1) is 15.2. The van der Waals surface area contributed by atoms with E-state index in [1.165, 1.54) is 11.1 Å². The molecule has 31 heavy (non-hydrogen) atoms. The third-order valence-corrected chi connectivity index (χ3v) is 7.54. The van der Waals surface area contributed by atoms with Gasteiger partial charge in [0.1, 0.15) is 5.69 Å². The Morgan fingerprint density at radius 1 is 1.23 bits per heavy atom. The standard InChI is InChI=1S/C24H23N3O2S2/c1-15-13-29-8-6-19(15)27-24(28)21-11-18(23-20(26-21)7-9-30-23)10-16-2-4-17(5-3-16)22-12-25-14-31-22/h2-5,7,9,11-12,14-15,19H,6,8,10,13H2,1H3,(H,27,28)/t15-,19-/m0/s1. The van der Waals surface area contributed by atoms with E-state index in [1.807, 2.05) is 29.2 Å². The zero-order chi connectivity index (χ0) is 21.2. The summed E-state index contributed by atoms with van der Waals surface area (Å²) in [4.78, 5) is 22.9. The van der Waals surface area contributed by atoms with Gasteiger partial charge in [-0.15, -0.1) is 22.7 Å². The van der Waals surface area contributed by atoms with Gasteiger partial charge in [-0.05, 0) is 53.0 Å². The Balaban J connectivity index is 1.39. The van der Waals surface area contributed by atoms with Crippen molar-refractivity contribution in [2.24, 2.45) is 5.92 Å². The lowest BCUT2D eigenvalue weighted by molar-refractivity contribution is 0.0374. The topological polar surface area (TPSA) is 64.1 Å². The second-order valence-electron chi connectivity index (χ2n) is 7.96. The molecule has 0 spiro atoms. The molecule has 1 aliphatic heterocycles. The summed E-state index contributed by atoms with van der Waals surface area (Å²) in [7, 11) is 0. The van der Waals surface area contributed by atoms with Crippen LogP contribution >= 0.6 is 22.7 Å². The number of ether oxygens (including phenoxy) is 1. The van der Waals surface area contributed by atoms with E-state index >= 15 is 0 Å². The number of fused-ring (bicyclic) bond motifs is 1. The van der Waals surface area contributed by atoms with Gasteiger partial charge in [-0.3, -0.25) is 9.78 Å². The summed E-state index contributed by atoms with van der Waals surface area (Å²) in [6.07, 6.45) is 3.49. The van der Waals surface area contributed by atoms with Gasteiger partial charge in [0.05, 0.1) is 27.2 Å². The van der Waals surface area contributed by atoms with Crippen LogP contribution in [0.2, 0.25) is 0 Å². The number of hydrogen-bond donors (Lipinski definition) is 1. The minimum Gasteiger partial charge on any atom is -0.381 e. The van der Waals surface area contributed by atoms with Crippen molar-refractivity contribution < 1.29 is 9.53 Å². The molecule has 5 nitrogen and oxygen atoms in total. The van der Waals surface area contributed by atoms with E-state index in [2.05, 4.69) is 46.5 Å². The molecule has 4 aromatic rings. The molecular formula is C24H23N3O2S2. The molecule has 0 unspecified atom stereocenters. The van der Waals surface area contributed by atoms with Crippen LogP contribution in [0.25, 0.3) is 20.7 Å². The van der Waals surface area contributed by atoms with E-state index in [4.69, 9.17) is 4.74 Å². The van der Waals surface area contributed by atoms with E-state index in [1.54, 1.807) is 22.7 Å². The molecule has 3 aromatic heterocycles. The van der Waals surface area contributed by atoms with Crippen molar-refractivity contribution >= 4 is 38.8 Å². The Bertz CT molecular complexity index is 1190. The number of nitrogens with one attached hydrogen (secondary N) is 1. The first-order valence-electron chi connectivity index (χ1n) is 10.4. The van der Waals surface area contributed by atoms with Crippen molar-refractivity contribution in [2.75, 3.05) is 13.2 Å². The van der Waals surface area contributed by atoms with Crippen LogP contribution in [0, 0.1) is 5.92 Å². The lowest BCUT2D eigenvalue weighted by Gasteiger charge is -2.29. The van der Waals surface area contributed by atoms with E-state index in [-0.39, 0.29) is 11.9 Å². The zero-order valence-corrected chi connectivity index (χ0v) is 18.8. The normalized spacial score (nSPS) is 18.9. The molecule has 158 valence electrons. The number of carbonyl (C=O) groups excluding carboxylic acids is 1. The van der Waals surface area contributed by atoms with Gasteiger partial charge in [0.15, 0.2) is 0 Å². The summed E-state index contributed by atoms with van der Waals surface area (Å²) >= 11 is 3.31. The molecular weight excluding hydrogens is 426 g/mol. The van der Waals surface area contributed by atoms with Crippen LogP contribution in [0.4, 0.5) is 0 Å². The fourth-order valence-electron chi connectivity index (χ4n) is 3.97. The Kier molecular flexibility index (Phi) is 5.80. The third kappa shape index (κ3) is 4.39. The van der Waals surface area contributed by atoms with Gasteiger partial charge in [-0.2, -0.15) is 0 Å². The molecule has 1 aliphatic rings. The molecule has 1 aromatic carbocycles. The largest absolute Gasteiger partial charge is 0.381 e. The minimum atomic E-state index is -0.103. The van der Waals surface area contributed by atoms with Crippen molar-refractivity contribution in [1.82, 2.24) is 15.3 Å². The van der Waals surface area contributed by atoms with E-state index in [9.17, 15) is 4.79 Å². The highest BCUT2D eigenvalue weighted by Crippen LogP contribution is 2.28. The Hall–Kier alpha value is -2.61. The average molecular weight is 450 g/mol. The molecule has 0 bridgehead atoms. The predicted molar refractivity (Wildman–Crippen MR) is 126 cm³/mol. The van der Waals surface area contributed by atoms with Crippen molar-refractivity contribution in [3.63, 3.8) is 0 Å². The van der Waals surface area contributed by atoms with Gasteiger partial charge >= 0.3 is 0 Å². The summed E-state index contributed by atoms with van der Waals surface area (Å²) in [5.74, 6) is 0.202. The fourth-order valence-corrected chi connectivity index (χ4v) is 5.45. The summed E-state index contributed by atoms with van der Waals surface area (Å²) in [6, 6.07) is 12.6. The van der Waals surface area contributed by atoms with Crippen molar-refractivity contribution in [3.8, 4) is 10.4 Å². The first kappa shape index (κ1) is 20.3. The summed E-state index contributed by atoms with van der Waals surface area (Å²) in [5, 5.41) is 5.21. The van der Waals surface area contributed by atoms with Crippen LogP contribution in [0.3, 0.4) is 0 Å². The minimum absolute atomic E-state index is 0.103. The van der Waals surface area contributed by atoms with E-state index in [0.29, 0.717) is 24.8 Å². The smallest absolute Gasteiger partial charge is 0.270 e. The van der Waals surface area contributed by atoms with E-state index < -0.39 is 0 Å². The molecule has 2 atom stereocenters. The number of carbonyl (C=O) groups is 1. The predicted octanol–water partition coefficient (Wildman–Crippen LogP) is 5.17. The number of pyridine rings is 1. The Morgan fingerprint density at radius 3 is 2.87 bits per heavy atom. The summed E-state index contributed by atoms with van der Waals surface area (Å²) in [6.45, 7) is 3.49. The van der Waals surface area contributed by atoms with Crippen LogP contribution in [0.15, 0.2) is 53.5 Å². The highest BCUT2D eigenvalue weighted by molar-refractivity contribution is 7.17.